The van der Waals surface area contributed by atoms with Crippen LogP contribution >= 0.6 is 0 Å². The first-order valence-corrected chi connectivity index (χ1v) is 6.44. The van der Waals surface area contributed by atoms with Crippen LogP contribution in [0.15, 0.2) is 39.3 Å². The van der Waals surface area contributed by atoms with Crippen LogP contribution < -0.4 is 5.56 Å². The number of aromatic nitrogens is 1. The van der Waals surface area contributed by atoms with Crippen molar-refractivity contribution < 1.29 is 14.6 Å². The molecule has 0 aliphatic rings. The lowest BCUT2D eigenvalue weighted by Crippen LogP contribution is -2.08. The number of esters is 1. The number of nitrogens with one attached hydrogen (secondary N) is 1. The maximum atomic E-state index is 11.8. The molecule has 0 amide bonds. The Hall–Kier alpha value is -3.47. The zero-order valence-electron chi connectivity index (χ0n) is 12.3. The number of nitrogens with zero attached hydrogens (tertiary/aromatic N) is 3. The van der Waals surface area contributed by atoms with E-state index < -0.39 is 17.4 Å². The number of carbonyl (C=O) groups is 1. The average molecular weight is 312 g/mol. The molecule has 0 aliphatic carbocycles. The second-order valence-electron chi connectivity index (χ2n) is 4.50. The third kappa shape index (κ3) is 3.24. The Morgan fingerprint density at radius 3 is 2.52 bits per heavy atom. The molecule has 0 fully saturated rings. The van der Waals surface area contributed by atoms with Gasteiger partial charge in [0.25, 0.3) is 5.56 Å². The van der Waals surface area contributed by atoms with Gasteiger partial charge in [-0.2, -0.15) is 10.4 Å². The molecule has 0 radical (unpaired) electrons. The van der Waals surface area contributed by atoms with E-state index in [-0.39, 0.29) is 16.8 Å². The van der Waals surface area contributed by atoms with E-state index in [1.165, 1.54) is 38.3 Å². The van der Waals surface area contributed by atoms with E-state index in [0.29, 0.717) is 11.3 Å². The molecular formula is C15H12N4O4. The van der Waals surface area contributed by atoms with E-state index in [2.05, 4.69) is 19.9 Å². The molecule has 8 nitrogen and oxygen atoms in total. The fourth-order valence-electron chi connectivity index (χ4n) is 1.84. The quantitative estimate of drug-likeness (QED) is 0.664. The third-order valence-corrected chi connectivity index (χ3v) is 3.08. The van der Waals surface area contributed by atoms with E-state index in [1.807, 2.05) is 0 Å². The predicted molar refractivity (Wildman–Crippen MR) is 80.1 cm³/mol. The number of aromatic hydroxyl groups is 1. The van der Waals surface area contributed by atoms with Crippen molar-refractivity contribution in [2.45, 2.75) is 6.92 Å². The number of hydrogen-bond acceptors (Lipinski definition) is 7. The van der Waals surface area contributed by atoms with Crippen molar-refractivity contribution in [3.63, 3.8) is 0 Å². The molecule has 0 saturated carbocycles. The maximum Gasteiger partial charge on any atom is 0.337 e. The van der Waals surface area contributed by atoms with E-state index in [9.17, 15) is 14.7 Å². The van der Waals surface area contributed by atoms with E-state index in [0.717, 1.165) is 0 Å². The van der Waals surface area contributed by atoms with Gasteiger partial charge in [0.15, 0.2) is 5.69 Å². The minimum absolute atomic E-state index is 0.0698. The summed E-state index contributed by atoms with van der Waals surface area (Å²) in [5.41, 5.74) is 0.188. The number of azo groups is 1. The SMILES string of the molecule is COC(=O)c1ccc(N=Nc2c(C)c(C#N)c(O)[nH]c2=O)cc1. The smallest absolute Gasteiger partial charge is 0.337 e. The highest BCUT2D eigenvalue weighted by Crippen LogP contribution is 2.24. The van der Waals surface area contributed by atoms with Crippen LogP contribution in [0.1, 0.15) is 21.5 Å². The number of benzene rings is 1. The number of pyridine rings is 1. The molecule has 116 valence electrons. The molecule has 0 bridgehead atoms. The Morgan fingerprint density at radius 1 is 1.30 bits per heavy atom. The Balaban J connectivity index is 2.36. The number of nitriles is 1. The highest BCUT2D eigenvalue weighted by atomic mass is 16.5. The monoisotopic (exact) mass is 312 g/mol. The fraction of sp³-hybridized carbons (Fsp3) is 0.133. The van der Waals surface area contributed by atoms with Crippen molar-refractivity contribution in [2.75, 3.05) is 7.11 Å². The van der Waals surface area contributed by atoms with Crippen molar-refractivity contribution in [3.8, 4) is 11.9 Å². The summed E-state index contributed by atoms with van der Waals surface area (Å²) in [6.45, 7) is 1.49. The zero-order valence-corrected chi connectivity index (χ0v) is 12.3. The van der Waals surface area contributed by atoms with Gasteiger partial charge in [-0.05, 0) is 31.2 Å². The summed E-state index contributed by atoms with van der Waals surface area (Å²) in [5.74, 6) is -0.977. The Bertz CT molecular complexity index is 876. The highest BCUT2D eigenvalue weighted by Gasteiger charge is 2.13. The van der Waals surface area contributed by atoms with Crippen LogP contribution in [0.3, 0.4) is 0 Å². The normalized spacial score (nSPS) is 10.5. The summed E-state index contributed by atoms with van der Waals surface area (Å²) in [5, 5.41) is 26.2. The van der Waals surface area contributed by atoms with Crippen molar-refractivity contribution in [1.29, 1.82) is 5.26 Å². The summed E-state index contributed by atoms with van der Waals surface area (Å²) in [4.78, 5) is 25.2. The Kier molecular flexibility index (Phi) is 4.52. The largest absolute Gasteiger partial charge is 0.494 e. The van der Waals surface area contributed by atoms with Crippen LogP contribution in [-0.4, -0.2) is 23.2 Å². The van der Waals surface area contributed by atoms with Gasteiger partial charge in [0.05, 0.1) is 18.4 Å². The number of methoxy groups -OCH3 is 1. The number of rotatable bonds is 3. The van der Waals surface area contributed by atoms with E-state index in [1.54, 1.807) is 6.07 Å². The molecule has 0 saturated heterocycles. The highest BCUT2D eigenvalue weighted by molar-refractivity contribution is 5.89. The third-order valence-electron chi connectivity index (χ3n) is 3.08. The minimum atomic E-state index is -0.658. The molecule has 2 aromatic rings. The number of aromatic amines is 1. The van der Waals surface area contributed by atoms with Gasteiger partial charge < -0.3 is 9.84 Å². The van der Waals surface area contributed by atoms with Gasteiger partial charge in [0.2, 0.25) is 5.88 Å². The van der Waals surface area contributed by atoms with Crippen LogP contribution in [0.25, 0.3) is 0 Å². The first-order chi connectivity index (χ1) is 11.0. The fourth-order valence-corrected chi connectivity index (χ4v) is 1.84. The number of carbonyl (C=O) groups excluding carboxylic acids is 1. The second kappa shape index (κ2) is 6.53. The van der Waals surface area contributed by atoms with E-state index in [4.69, 9.17) is 5.26 Å². The Morgan fingerprint density at radius 2 is 1.96 bits per heavy atom. The van der Waals surface area contributed by atoms with Crippen LogP contribution in [0.2, 0.25) is 0 Å². The first-order valence-electron chi connectivity index (χ1n) is 6.44. The molecule has 0 atom stereocenters. The summed E-state index contributed by atoms with van der Waals surface area (Å²) >= 11 is 0. The molecule has 0 spiro atoms. The standard InChI is InChI=1S/C15H12N4O4/c1-8-11(7-16)13(20)17-14(21)12(8)19-18-10-5-3-9(4-6-10)15(22)23-2/h3-6H,1-2H3,(H2,17,20,21). The van der Waals surface area contributed by atoms with Gasteiger partial charge in [0, 0.05) is 5.56 Å². The number of H-pyrrole nitrogens is 1. The zero-order chi connectivity index (χ0) is 17.0. The van der Waals surface area contributed by atoms with Gasteiger partial charge in [-0.25, -0.2) is 4.79 Å². The van der Waals surface area contributed by atoms with Crippen LogP contribution in [0.4, 0.5) is 11.4 Å². The van der Waals surface area contributed by atoms with Crippen molar-refractivity contribution in [3.05, 3.63) is 51.3 Å². The van der Waals surface area contributed by atoms with E-state index >= 15 is 0 Å². The summed E-state index contributed by atoms with van der Waals surface area (Å²) < 4.78 is 4.58. The first kappa shape index (κ1) is 15.9. The summed E-state index contributed by atoms with van der Waals surface area (Å²) in [7, 11) is 1.28. The van der Waals surface area contributed by atoms with Crippen LogP contribution in [0, 0.1) is 18.3 Å². The Labute approximate surface area is 130 Å². The molecule has 1 aromatic heterocycles. The second-order valence-corrected chi connectivity index (χ2v) is 4.50. The molecule has 0 unspecified atom stereocenters. The maximum absolute atomic E-state index is 11.8. The van der Waals surface area contributed by atoms with Gasteiger partial charge >= 0.3 is 5.97 Å². The molecule has 2 rings (SSSR count). The molecule has 2 N–H and O–H groups in total. The molecule has 8 heteroatoms. The number of ether oxygens (including phenoxy) is 1. The van der Waals surface area contributed by atoms with Crippen molar-refractivity contribution in [2.24, 2.45) is 10.2 Å². The average Bonchev–Trinajstić information content (AvgIpc) is 2.54. The molecule has 1 heterocycles. The van der Waals surface area contributed by atoms with Gasteiger partial charge in [0.1, 0.15) is 11.6 Å². The summed E-state index contributed by atoms with van der Waals surface area (Å²) in [6.07, 6.45) is 0. The molecular weight excluding hydrogens is 300 g/mol. The lowest BCUT2D eigenvalue weighted by molar-refractivity contribution is 0.0601. The molecule has 1 aromatic carbocycles. The van der Waals surface area contributed by atoms with Gasteiger partial charge in [-0.15, -0.1) is 5.11 Å². The van der Waals surface area contributed by atoms with Gasteiger partial charge in [-0.3, -0.25) is 9.78 Å². The lowest BCUT2D eigenvalue weighted by Gasteiger charge is -2.03. The lowest BCUT2D eigenvalue weighted by atomic mass is 10.1. The molecule has 23 heavy (non-hydrogen) atoms. The summed E-state index contributed by atoms with van der Waals surface area (Å²) in [6, 6.07) is 7.87. The van der Waals surface area contributed by atoms with Crippen LogP contribution in [-0.2, 0) is 4.74 Å². The van der Waals surface area contributed by atoms with Crippen molar-refractivity contribution >= 4 is 17.3 Å². The predicted octanol–water partition coefficient (Wildman–Crippen LogP) is 2.46. The van der Waals surface area contributed by atoms with Crippen molar-refractivity contribution in [1.82, 2.24) is 4.98 Å². The topological polar surface area (TPSA) is 128 Å². The number of hydrogen-bond donors (Lipinski definition) is 2. The van der Waals surface area contributed by atoms with Gasteiger partial charge in [-0.1, -0.05) is 0 Å². The van der Waals surface area contributed by atoms with Crippen LogP contribution in [0.5, 0.6) is 5.88 Å². The minimum Gasteiger partial charge on any atom is -0.494 e. The molecule has 0 aliphatic heterocycles.